The third kappa shape index (κ3) is 7.90. The monoisotopic (exact) mass is 623 g/mol. The number of nitrogens with zero attached hydrogens (tertiary/aromatic N) is 2. The lowest BCUT2D eigenvalue weighted by Gasteiger charge is -2.33. The highest BCUT2D eigenvalue weighted by Crippen LogP contribution is 2.29. The molecule has 0 radical (unpaired) electrons. The van der Waals surface area contributed by atoms with Crippen LogP contribution in [0.4, 0.5) is 10.1 Å². The predicted octanol–water partition coefficient (Wildman–Crippen LogP) is 5.67. The molecule has 3 aromatic carbocycles. The average molecular weight is 625 g/mol. The van der Waals surface area contributed by atoms with Crippen LogP contribution in [0, 0.1) is 5.82 Å². The van der Waals surface area contributed by atoms with Gasteiger partial charge < -0.3 is 15.0 Å². The quantitative estimate of drug-likeness (QED) is 0.265. The Kier molecular flexibility index (Phi) is 11.4. The van der Waals surface area contributed by atoms with Crippen molar-refractivity contribution in [2.24, 2.45) is 0 Å². The van der Waals surface area contributed by atoms with Crippen LogP contribution < -0.4 is 14.4 Å². The van der Waals surface area contributed by atoms with Gasteiger partial charge in [-0.25, -0.2) is 12.8 Å². The molecule has 3 aromatic rings. The molecule has 0 bridgehead atoms. The number of carbonyl (C=O) groups is 2. The first-order chi connectivity index (χ1) is 19.5. The molecule has 2 amide bonds. The molecular weight excluding hydrogens is 592 g/mol. The molecule has 0 aromatic heterocycles. The molecule has 3 rings (SSSR count). The van der Waals surface area contributed by atoms with E-state index in [0.717, 1.165) is 16.4 Å². The minimum absolute atomic E-state index is 0.0646. The van der Waals surface area contributed by atoms with E-state index in [1.54, 1.807) is 25.1 Å². The van der Waals surface area contributed by atoms with Gasteiger partial charge in [0.25, 0.3) is 10.0 Å². The summed E-state index contributed by atoms with van der Waals surface area (Å²) in [5.41, 5.74) is 0.479. The summed E-state index contributed by atoms with van der Waals surface area (Å²) in [6, 6.07) is 14.3. The molecule has 0 spiro atoms. The van der Waals surface area contributed by atoms with Gasteiger partial charge in [0.2, 0.25) is 11.8 Å². The molecule has 8 nitrogen and oxygen atoms in total. The molecule has 12 heteroatoms. The van der Waals surface area contributed by atoms with Crippen molar-refractivity contribution in [1.82, 2.24) is 10.2 Å². The maximum Gasteiger partial charge on any atom is 0.264 e. The Hall–Kier alpha value is -3.34. The largest absolute Gasteiger partial charge is 0.497 e. The molecular formula is C29H32Cl2FN3O5S. The molecule has 0 saturated carbocycles. The topological polar surface area (TPSA) is 96.0 Å². The number of benzene rings is 3. The molecule has 0 fully saturated rings. The van der Waals surface area contributed by atoms with Crippen LogP contribution in [-0.4, -0.2) is 51.4 Å². The summed E-state index contributed by atoms with van der Waals surface area (Å²) in [5, 5.41) is 3.39. The lowest BCUT2D eigenvalue weighted by Crippen LogP contribution is -2.52. The van der Waals surface area contributed by atoms with Gasteiger partial charge in [0.1, 0.15) is 24.2 Å². The summed E-state index contributed by atoms with van der Waals surface area (Å²) in [6.45, 7) is 3.22. The van der Waals surface area contributed by atoms with E-state index < -0.39 is 40.2 Å². The van der Waals surface area contributed by atoms with Crippen LogP contribution in [0.25, 0.3) is 0 Å². The molecule has 41 heavy (non-hydrogen) atoms. The number of ether oxygens (including phenoxy) is 1. The second-order valence-electron chi connectivity index (χ2n) is 9.10. The average Bonchev–Trinajstić information content (AvgIpc) is 2.96. The van der Waals surface area contributed by atoms with Gasteiger partial charge in [-0.1, -0.05) is 43.1 Å². The number of rotatable bonds is 13. The third-order valence-corrected chi connectivity index (χ3v) is 8.86. The van der Waals surface area contributed by atoms with Crippen LogP contribution in [0.3, 0.4) is 0 Å². The van der Waals surface area contributed by atoms with Crippen molar-refractivity contribution in [3.63, 3.8) is 0 Å². The lowest BCUT2D eigenvalue weighted by molar-refractivity contribution is -0.140. The zero-order chi connectivity index (χ0) is 30.2. The van der Waals surface area contributed by atoms with Crippen molar-refractivity contribution in [3.05, 3.63) is 88.2 Å². The zero-order valence-electron chi connectivity index (χ0n) is 22.9. The maximum atomic E-state index is 14.0. The number of anilines is 1. The first-order valence-corrected chi connectivity index (χ1v) is 15.2. The highest BCUT2D eigenvalue weighted by atomic mass is 35.5. The van der Waals surface area contributed by atoms with Crippen LogP contribution in [0.1, 0.15) is 32.3 Å². The smallest absolute Gasteiger partial charge is 0.264 e. The number of carbonyl (C=O) groups excluding carboxylic acids is 2. The van der Waals surface area contributed by atoms with Gasteiger partial charge in [0.15, 0.2) is 0 Å². The molecule has 0 aliphatic heterocycles. The molecule has 0 saturated heterocycles. The summed E-state index contributed by atoms with van der Waals surface area (Å²) < 4.78 is 47.5. The van der Waals surface area contributed by atoms with Crippen LogP contribution in [0.2, 0.25) is 10.0 Å². The Morgan fingerprint density at radius 1 is 0.976 bits per heavy atom. The summed E-state index contributed by atoms with van der Waals surface area (Å²) in [6.07, 6.45) is 0.927. The van der Waals surface area contributed by atoms with Gasteiger partial charge in [-0.2, -0.15) is 0 Å². The van der Waals surface area contributed by atoms with E-state index in [9.17, 15) is 22.4 Å². The number of hydrogen-bond acceptors (Lipinski definition) is 5. The number of hydrogen-bond donors (Lipinski definition) is 1. The minimum Gasteiger partial charge on any atom is -0.497 e. The molecule has 0 aliphatic carbocycles. The second-order valence-corrected chi connectivity index (χ2v) is 11.8. The van der Waals surface area contributed by atoms with Crippen molar-refractivity contribution in [2.45, 2.75) is 44.2 Å². The van der Waals surface area contributed by atoms with Gasteiger partial charge >= 0.3 is 0 Å². The predicted molar refractivity (Wildman–Crippen MR) is 158 cm³/mol. The second kappa shape index (κ2) is 14.5. The fourth-order valence-corrected chi connectivity index (χ4v) is 6.08. The number of amides is 2. The Morgan fingerprint density at radius 2 is 1.59 bits per heavy atom. The zero-order valence-corrected chi connectivity index (χ0v) is 25.3. The Labute approximate surface area is 250 Å². The van der Waals surface area contributed by atoms with E-state index in [4.69, 9.17) is 27.9 Å². The van der Waals surface area contributed by atoms with Crippen molar-refractivity contribution < 1.29 is 27.1 Å². The van der Waals surface area contributed by atoms with E-state index >= 15 is 0 Å². The van der Waals surface area contributed by atoms with E-state index in [2.05, 4.69) is 5.32 Å². The maximum absolute atomic E-state index is 14.0. The first-order valence-electron chi connectivity index (χ1n) is 13.0. The van der Waals surface area contributed by atoms with Crippen molar-refractivity contribution in [2.75, 3.05) is 24.5 Å². The summed E-state index contributed by atoms with van der Waals surface area (Å²) >= 11 is 12.8. The third-order valence-electron chi connectivity index (χ3n) is 6.37. The van der Waals surface area contributed by atoms with E-state index in [1.807, 2.05) is 6.92 Å². The van der Waals surface area contributed by atoms with Crippen molar-refractivity contribution in [1.29, 1.82) is 0 Å². The van der Waals surface area contributed by atoms with Crippen molar-refractivity contribution in [3.8, 4) is 5.75 Å². The van der Waals surface area contributed by atoms with Gasteiger partial charge in [-0.15, -0.1) is 0 Å². The summed E-state index contributed by atoms with van der Waals surface area (Å²) in [4.78, 5) is 28.4. The molecule has 0 aliphatic rings. The van der Waals surface area contributed by atoms with Crippen LogP contribution in [-0.2, 0) is 26.2 Å². The normalized spacial score (nSPS) is 12.0. The molecule has 0 unspecified atom stereocenters. The number of halogens is 3. The van der Waals surface area contributed by atoms with Gasteiger partial charge in [0.05, 0.1) is 17.7 Å². The Bertz CT molecular complexity index is 1430. The first kappa shape index (κ1) is 32.2. The van der Waals surface area contributed by atoms with Gasteiger partial charge in [0, 0.05) is 28.7 Å². The highest BCUT2D eigenvalue weighted by molar-refractivity contribution is 7.92. The summed E-state index contributed by atoms with van der Waals surface area (Å²) in [5.74, 6) is -1.20. The van der Waals surface area contributed by atoms with Gasteiger partial charge in [-0.3, -0.25) is 13.9 Å². The SMILES string of the molecule is CCCNC(=O)[C@H](CC)N(Cc1c(Cl)cccc1Cl)C(=O)CN(c1ccc(F)cc1)S(=O)(=O)c1ccc(OC)cc1. The van der Waals surface area contributed by atoms with Crippen LogP contribution in [0.5, 0.6) is 5.75 Å². The lowest BCUT2D eigenvalue weighted by atomic mass is 10.1. The summed E-state index contributed by atoms with van der Waals surface area (Å²) in [7, 11) is -2.87. The van der Waals surface area contributed by atoms with Gasteiger partial charge in [-0.05, 0) is 73.5 Å². The minimum atomic E-state index is -4.32. The highest BCUT2D eigenvalue weighted by Gasteiger charge is 2.34. The Morgan fingerprint density at radius 3 is 2.12 bits per heavy atom. The van der Waals surface area contributed by atoms with E-state index in [-0.39, 0.29) is 23.5 Å². The fraction of sp³-hybridized carbons (Fsp3) is 0.310. The standard InChI is InChI=1S/C29H32Cl2FN3O5S/c1-4-17-33-29(37)27(5-2)34(18-24-25(30)7-6-8-26(24)31)28(36)19-35(21-11-9-20(32)10-12-21)41(38,39)23-15-13-22(40-3)14-16-23/h6-16,27H,4-5,17-19H2,1-3H3,(H,33,37)/t27-/m0/s1. The molecule has 1 atom stereocenters. The number of nitrogens with one attached hydrogen (secondary N) is 1. The molecule has 220 valence electrons. The fourth-order valence-electron chi connectivity index (χ4n) is 4.15. The van der Waals surface area contributed by atoms with Crippen LogP contribution in [0.15, 0.2) is 71.6 Å². The van der Waals surface area contributed by atoms with E-state index in [0.29, 0.717) is 34.3 Å². The van der Waals surface area contributed by atoms with Crippen LogP contribution >= 0.6 is 23.2 Å². The molecule has 1 N–H and O–H groups in total. The number of sulfonamides is 1. The van der Waals surface area contributed by atoms with E-state index in [1.165, 1.54) is 48.4 Å². The van der Waals surface area contributed by atoms with Crippen molar-refractivity contribution >= 4 is 50.7 Å². The number of methoxy groups -OCH3 is 1. The molecule has 0 heterocycles. The Balaban J connectivity index is 2.08.